The van der Waals surface area contributed by atoms with E-state index in [1.165, 1.54) is 38.1 Å². The topological polar surface area (TPSA) is 47.7 Å². The predicted molar refractivity (Wildman–Crippen MR) is 63.6 cm³/mol. The molecular weight excluding hydrogens is 172 g/mol. The fourth-order valence-electron chi connectivity index (χ4n) is 1.45. The third-order valence-corrected chi connectivity index (χ3v) is 2.64. The number of rotatable bonds is 9. The third kappa shape index (κ3) is 7.96. The highest BCUT2D eigenvalue weighted by Crippen LogP contribution is 2.12. The molecular formula is C12H24N2. The molecule has 0 rings (SSSR count). The molecule has 2 atom stereocenters. The first kappa shape index (κ1) is 13.3. The Kier molecular flexibility index (Phi) is 8.50. The number of hydrogen-bond donors (Lipinski definition) is 2. The molecule has 0 aromatic rings. The van der Waals surface area contributed by atoms with Gasteiger partial charge in [0.15, 0.2) is 0 Å². The Labute approximate surface area is 88.1 Å². The van der Waals surface area contributed by atoms with E-state index >= 15 is 0 Å². The van der Waals surface area contributed by atoms with Crippen molar-refractivity contribution in [2.75, 3.05) is 0 Å². The minimum absolute atomic E-state index is 0.454. The molecule has 0 aliphatic heterocycles. The van der Waals surface area contributed by atoms with Crippen molar-refractivity contribution in [2.24, 2.45) is 11.8 Å². The Morgan fingerprint density at radius 3 is 1.43 bits per heavy atom. The summed E-state index contributed by atoms with van der Waals surface area (Å²) in [4.78, 5) is 0. The van der Waals surface area contributed by atoms with Crippen LogP contribution in [-0.4, -0.2) is 12.4 Å². The van der Waals surface area contributed by atoms with E-state index in [0.717, 1.165) is 12.8 Å². The first-order chi connectivity index (χ1) is 6.70. The third-order valence-electron chi connectivity index (χ3n) is 2.64. The number of unbranched alkanes of at least 4 members (excludes halogenated alkanes) is 3. The van der Waals surface area contributed by atoms with Crippen LogP contribution in [0.4, 0.5) is 0 Å². The van der Waals surface area contributed by atoms with Crippen molar-refractivity contribution in [3.05, 3.63) is 0 Å². The van der Waals surface area contributed by atoms with Crippen LogP contribution in [0.3, 0.4) is 0 Å². The van der Waals surface area contributed by atoms with E-state index in [4.69, 9.17) is 10.8 Å². The average Bonchev–Trinajstić information content (AvgIpc) is 2.22. The summed E-state index contributed by atoms with van der Waals surface area (Å²) < 4.78 is 0. The van der Waals surface area contributed by atoms with Gasteiger partial charge in [0, 0.05) is 0 Å². The van der Waals surface area contributed by atoms with Crippen LogP contribution >= 0.6 is 0 Å². The smallest absolute Gasteiger partial charge is 0.00195 e. The van der Waals surface area contributed by atoms with Crippen LogP contribution in [0.5, 0.6) is 0 Å². The van der Waals surface area contributed by atoms with Gasteiger partial charge in [0.25, 0.3) is 0 Å². The van der Waals surface area contributed by atoms with Crippen LogP contribution in [0.1, 0.15) is 52.4 Å². The Balaban J connectivity index is 3.13. The van der Waals surface area contributed by atoms with Crippen molar-refractivity contribution < 1.29 is 0 Å². The van der Waals surface area contributed by atoms with E-state index in [1.54, 1.807) is 0 Å². The van der Waals surface area contributed by atoms with Gasteiger partial charge in [-0.3, -0.25) is 0 Å². The van der Waals surface area contributed by atoms with Gasteiger partial charge in [-0.05, 0) is 37.1 Å². The highest BCUT2D eigenvalue weighted by Gasteiger charge is 1.99. The molecule has 0 aromatic carbocycles. The fourth-order valence-corrected chi connectivity index (χ4v) is 1.45. The summed E-state index contributed by atoms with van der Waals surface area (Å²) in [6, 6.07) is 0. The van der Waals surface area contributed by atoms with Crippen LogP contribution in [0.2, 0.25) is 0 Å². The Bertz CT molecular complexity index is 136. The second kappa shape index (κ2) is 8.92. The molecule has 0 amide bonds. The number of nitrogens with one attached hydrogen (secondary N) is 2. The second-order valence-electron chi connectivity index (χ2n) is 4.28. The van der Waals surface area contributed by atoms with Gasteiger partial charge in [-0.2, -0.15) is 0 Å². The van der Waals surface area contributed by atoms with E-state index in [0.29, 0.717) is 11.8 Å². The summed E-state index contributed by atoms with van der Waals surface area (Å²) in [5.74, 6) is 0.908. The largest absolute Gasteiger partial charge is 0.313 e. The lowest BCUT2D eigenvalue weighted by molar-refractivity contribution is 0.541. The minimum Gasteiger partial charge on any atom is -0.313 e. The van der Waals surface area contributed by atoms with E-state index in [-0.39, 0.29) is 0 Å². The van der Waals surface area contributed by atoms with Crippen molar-refractivity contribution >= 4 is 12.4 Å². The number of hydrogen-bond acceptors (Lipinski definition) is 2. The van der Waals surface area contributed by atoms with E-state index in [9.17, 15) is 0 Å². The highest BCUT2D eigenvalue weighted by molar-refractivity contribution is 5.56. The molecule has 2 heteroatoms. The molecule has 0 fully saturated rings. The maximum absolute atomic E-state index is 7.06. The first-order valence-electron chi connectivity index (χ1n) is 5.72. The van der Waals surface area contributed by atoms with Gasteiger partial charge >= 0.3 is 0 Å². The predicted octanol–water partition coefficient (Wildman–Crippen LogP) is 3.90. The summed E-state index contributed by atoms with van der Waals surface area (Å²) in [6.45, 7) is 4.20. The first-order valence-corrected chi connectivity index (χ1v) is 5.72. The van der Waals surface area contributed by atoms with Crippen molar-refractivity contribution in [1.29, 1.82) is 10.8 Å². The van der Waals surface area contributed by atoms with Crippen LogP contribution < -0.4 is 0 Å². The van der Waals surface area contributed by atoms with Gasteiger partial charge in [0.2, 0.25) is 0 Å². The highest BCUT2D eigenvalue weighted by atomic mass is 14.3. The normalized spacial score (nSPS) is 14.7. The minimum atomic E-state index is 0.454. The summed E-state index contributed by atoms with van der Waals surface area (Å²) in [5, 5.41) is 14.1. The lowest BCUT2D eigenvalue weighted by Crippen LogP contribution is -1.96. The molecule has 0 aromatic heterocycles. The molecule has 0 spiro atoms. The standard InChI is InChI=1S/C12H24N2/c1-11(9-13)7-5-3-4-6-8-12(2)10-14/h9-14H,3-8H2,1-2H3. The van der Waals surface area contributed by atoms with Crippen LogP contribution in [0.25, 0.3) is 0 Å². The second-order valence-corrected chi connectivity index (χ2v) is 4.28. The molecule has 0 bridgehead atoms. The molecule has 0 aliphatic rings. The zero-order valence-electron chi connectivity index (χ0n) is 9.55. The Morgan fingerprint density at radius 1 is 0.786 bits per heavy atom. The molecule has 82 valence electrons. The Morgan fingerprint density at radius 2 is 1.14 bits per heavy atom. The maximum Gasteiger partial charge on any atom is -0.00195 e. The van der Waals surface area contributed by atoms with E-state index in [1.807, 2.05) is 0 Å². The van der Waals surface area contributed by atoms with Crippen LogP contribution in [-0.2, 0) is 0 Å². The van der Waals surface area contributed by atoms with Gasteiger partial charge in [-0.25, -0.2) is 0 Å². The lowest BCUT2D eigenvalue weighted by atomic mass is 10.0. The molecule has 14 heavy (non-hydrogen) atoms. The molecule has 0 heterocycles. The van der Waals surface area contributed by atoms with Gasteiger partial charge in [0.1, 0.15) is 0 Å². The van der Waals surface area contributed by atoms with Crippen LogP contribution in [0, 0.1) is 22.7 Å². The molecule has 0 aliphatic carbocycles. The zero-order valence-corrected chi connectivity index (χ0v) is 9.55. The molecule has 2 unspecified atom stereocenters. The molecule has 0 saturated heterocycles. The average molecular weight is 196 g/mol. The molecule has 2 N–H and O–H groups in total. The fraction of sp³-hybridized carbons (Fsp3) is 0.833. The molecule has 0 saturated carbocycles. The van der Waals surface area contributed by atoms with Gasteiger partial charge in [0.05, 0.1) is 0 Å². The summed E-state index contributed by atoms with van der Waals surface area (Å²) >= 11 is 0. The van der Waals surface area contributed by atoms with E-state index in [2.05, 4.69) is 13.8 Å². The van der Waals surface area contributed by atoms with Gasteiger partial charge < -0.3 is 10.8 Å². The van der Waals surface area contributed by atoms with E-state index < -0.39 is 0 Å². The summed E-state index contributed by atoms with van der Waals surface area (Å²) in [6.07, 6.45) is 10.4. The van der Waals surface area contributed by atoms with Crippen molar-refractivity contribution in [3.8, 4) is 0 Å². The van der Waals surface area contributed by atoms with Crippen molar-refractivity contribution in [2.45, 2.75) is 52.4 Å². The molecule has 0 radical (unpaired) electrons. The quantitative estimate of drug-likeness (QED) is 0.415. The lowest BCUT2D eigenvalue weighted by Gasteiger charge is -2.06. The maximum atomic E-state index is 7.06. The summed E-state index contributed by atoms with van der Waals surface area (Å²) in [5.41, 5.74) is 0. The van der Waals surface area contributed by atoms with Gasteiger partial charge in [-0.15, -0.1) is 0 Å². The van der Waals surface area contributed by atoms with Crippen LogP contribution in [0.15, 0.2) is 0 Å². The van der Waals surface area contributed by atoms with Crippen molar-refractivity contribution in [1.82, 2.24) is 0 Å². The Hall–Kier alpha value is -0.660. The zero-order chi connectivity index (χ0) is 10.8. The monoisotopic (exact) mass is 196 g/mol. The summed E-state index contributed by atoms with van der Waals surface area (Å²) in [7, 11) is 0. The molecule has 2 nitrogen and oxygen atoms in total. The van der Waals surface area contributed by atoms with Gasteiger partial charge in [-0.1, -0.05) is 39.5 Å². The van der Waals surface area contributed by atoms with Crippen molar-refractivity contribution in [3.63, 3.8) is 0 Å². The SMILES string of the molecule is CC(C=N)CCCCCCC(C)C=N.